The molecule has 0 radical (unpaired) electrons. The van der Waals surface area contributed by atoms with E-state index in [4.69, 9.17) is 0 Å². The lowest BCUT2D eigenvalue weighted by Crippen LogP contribution is -2.37. The molecule has 2 rings (SSSR count). The second kappa shape index (κ2) is 6.17. The van der Waals surface area contributed by atoms with Gasteiger partial charge in [0.15, 0.2) is 6.23 Å². The Morgan fingerprint density at radius 1 is 1.36 bits per heavy atom. The molecule has 0 unspecified atom stereocenters. The summed E-state index contributed by atoms with van der Waals surface area (Å²) >= 11 is 3.27. The zero-order valence-corrected chi connectivity index (χ0v) is 13.2. The van der Waals surface area contributed by atoms with Crippen LogP contribution in [-0.2, 0) is 14.3 Å². The molecule has 1 amide bonds. The van der Waals surface area contributed by atoms with Crippen molar-refractivity contribution in [3.8, 4) is 6.07 Å². The van der Waals surface area contributed by atoms with Crippen LogP contribution in [0.4, 0.5) is 10.5 Å². The van der Waals surface area contributed by atoms with E-state index in [9.17, 15) is 20.0 Å². The molecule has 1 heterocycles. The molecule has 7 nitrogen and oxygen atoms in total. The topological polar surface area (TPSA) is 99.9 Å². The number of benzene rings is 1. The zero-order valence-electron chi connectivity index (χ0n) is 11.7. The molecule has 22 heavy (non-hydrogen) atoms. The second-order valence-corrected chi connectivity index (χ2v) is 5.18. The molecule has 1 atom stereocenters. The number of rotatable bonds is 1. The van der Waals surface area contributed by atoms with Crippen LogP contribution < -0.4 is 4.90 Å². The van der Waals surface area contributed by atoms with Crippen LogP contribution in [0.3, 0.4) is 0 Å². The Labute approximate surface area is 134 Å². The lowest BCUT2D eigenvalue weighted by Gasteiger charge is -2.20. The van der Waals surface area contributed by atoms with Crippen molar-refractivity contribution in [1.82, 2.24) is 0 Å². The second-order valence-electron chi connectivity index (χ2n) is 4.27. The van der Waals surface area contributed by atoms with Crippen molar-refractivity contribution in [3.63, 3.8) is 0 Å². The maximum absolute atomic E-state index is 11.9. The lowest BCUT2D eigenvalue weighted by molar-refractivity contribution is -0.135. The largest absolute Gasteiger partial charge is 0.465 e. The highest BCUT2D eigenvalue weighted by Crippen LogP contribution is 2.42. The van der Waals surface area contributed by atoms with Crippen molar-refractivity contribution in [2.75, 3.05) is 19.1 Å². The van der Waals surface area contributed by atoms with Crippen LogP contribution in [0.15, 0.2) is 28.2 Å². The molecule has 0 spiro atoms. The maximum atomic E-state index is 11.9. The van der Waals surface area contributed by atoms with E-state index in [2.05, 4.69) is 25.4 Å². The number of aliphatic hydroxyl groups is 1. The number of hydrogen-bond acceptors (Lipinski definition) is 6. The van der Waals surface area contributed by atoms with E-state index in [-0.39, 0.29) is 11.1 Å². The van der Waals surface area contributed by atoms with Crippen LogP contribution >= 0.6 is 15.9 Å². The summed E-state index contributed by atoms with van der Waals surface area (Å²) in [5.74, 6) is -0.894. The fraction of sp³-hybridized carbons (Fsp3) is 0.214. The Hall–Kier alpha value is -2.37. The Kier molecular flexibility index (Phi) is 4.49. The molecule has 1 aromatic rings. The normalized spacial score (nSPS) is 18.3. The summed E-state index contributed by atoms with van der Waals surface area (Å²) in [6, 6.07) is 6.54. The van der Waals surface area contributed by atoms with E-state index in [1.165, 1.54) is 7.11 Å². The number of nitriles is 1. The van der Waals surface area contributed by atoms with E-state index in [0.717, 1.165) is 12.0 Å². The Bertz CT molecular complexity index is 722. The Morgan fingerprint density at radius 2 is 2.05 bits per heavy atom. The standard InChI is InChI=1S/C14H11BrN2O5/c1-21-13(19)9(6-16)11-8-5-7(15)3-4-10(8)17(12(11)18)14(20)22-2/h3-5,12,18H,1-2H3/b11-9-/t12-/m1/s1. The van der Waals surface area contributed by atoms with Gasteiger partial charge in [-0.3, -0.25) is 0 Å². The molecule has 1 N–H and O–H groups in total. The van der Waals surface area contributed by atoms with Crippen molar-refractivity contribution in [1.29, 1.82) is 5.26 Å². The summed E-state index contributed by atoms with van der Waals surface area (Å²) in [5, 5.41) is 19.6. The quantitative estimate of drug-likeness (QED) is 0.462. The van der Waals surface area contributed by atoms with Gasteiger partial charge in [0.2, 0.25) is 0 Å². The highest BCUT2D eigenvalue weighted by atomic mass is 79.9. The third kappa shape index (κ3) is 2.45. The highest BCUT2D eigenvalue weighted by molar-refractivity contribution is 9.10. The van der Waals surface area contributed by atoms with E-state index in [1.54, 1.807) is 24.3 Å². The Balaban J connectivity index is 2.76. The fourth-order valence-corrected chi connectivity index (χ4v) is 2.57. The number of carbonyl (C=O) groups is 2. The summed E-state index contributed by atoms with van der Waals surface area (Å²) in [4.78, 5) is 24.6. The van der Waals surface area contributed by atoms with Crippen molar-refractivity contribution in [2.45, 2.75) is 6.23 Å². The van der Waals surface area contributed by atoms with Crippen molar-refractivity contribution >= 4 is 39.3 Å². The van der Waals surface area contributed by atoms with Gasteiger partial charge in [-0.15, -0.1) is 0 Å². The van der Waals surface area contributed by atoms with Gasteiger partial charge in [-0.1, -0.05) is 15.9 Å². The van der Waals surface area contributed by atoms with Crippen molar-refractivity contribution in [2.24, 2.45) is 0 Å². The molecule has 114 valence electrons. The van der Waals surface area contributed by atoms with Gasteiger partial charge < -0.3 is 14.6 Å². The van der Waals surface area contributed by atoms with Gasteiger partial charge in [0.1, 0.15) is 11.6 Å². The first-order valence-corrected chi connectivity index (χ1v) is 6.83. The number of nitrogens with zero attached hydrogens (tertiary/aromatic N) is 2. The third-order valence-corrected chi connectivity index (χ3v) is 3.65. The molecule has 0 aromatic heterocycles. The molecule has 0 saturated heterocycles. The van der Waals surface area contributed by atoms with Crippen LogP contribution in [0, 0.1) is 11.3 Å². The summed E-state index contributed by atoms with van der Waals surface area (Å²) in [6.07, 6.45) is -2.33. The van der Waals surface area contributed by atoms with Gasteiger partial charge in [0, 0.05) is 15.6 Å². The first kappa shape index (κ1) is 16.0. The average Bonchev–Trinajstić information content (AvgIpc) is 2.79. The molecule has 0 fully saturated rings. The number of amides is 1. The first-order chi connectivity index (χ1) is 10.5. The molecule has 0 saturated carbocycles. The number of aliphatic hydroxyl groups excluding tert-OH is 1. The molecule has 0 bridgehead atoms. The van der Waals surface area contributed by atoms with Gasteiger partial charge in [0.05, 0.1) is 19.9 Å². The maximum Gasteiger partial charge on any atom is 0.416 e. The van der Waals surface area contributed by atoms with Gasteiger partial charge >= 0.3 is 12.1 Å². The van der Waals surface area contributed by atoms with Gasteiger partial charge in [-0.25, -0.2) is 14.5 Å². The summed E-state index contributed by atoms with van der Waals surface area (Å²) < 4.78 is 9.85. The van der Waals surface area contributed by atoms with Gasteiger partial charge in [-0.2, -0.15) is 5.26 Å². The molecule has 8 heteroatoms. The minimum absolute atomic E-state index is 0.00366. The third-order valence-electron chi connectivity index (χ3n) is 3.15. The highest BCUT2D eigenvalue weighted by Gasteiger charge is 2.40. The minimum Gasteiger partial charge on any atom is -0.465 e. The van der Waals surface area contributed by atoms with Crippen LogP contribution in [0.1, 0.15) is 5.56 Å². The number of methoxy groups -OCH3 is 2. The van der Waals surface area contributed by atoms with E-state index in [0.29, 0.717) is 15.7 Å². The van der Waals surface area contributed by atoms with Crippen molar-refractivity contribution in [3.05, 3.63) is 33.8 Å². The summed E-state index contributed by atoms with van der Waals surface area (Å²) in [5.41, 5.74) is 0.320. The van der Waals surface area contributed by atoms with Crippen LogP contribution in [0.2, 0.25) is 0 Å². The monoisotopic (exact) mass is 366 g/mol. The summed E-state index contributed by atoms with van der Waals surface area (Å²) in [7, 11) is 2.29. The van der Waals surface area contributed by atoms with Gasteiger partial charge in [-0.05, 0) is 18.2 Å². The van der Waals surface area contributed by atoms with Crippen LogP contribution in [0.5, 0.6) is 0 Å². The van der Waals surface area contributed by atoms with Crippen LogP contribution in [0.25, 0.3) is 5.57 Å². The molecular weight excluding hydrogens is 356 g/mol. The zero-order chi connectivity index (χ0) is 16.4. The molecular formula is C14H11BrN2O5. The minimum atomic E-state index is -1.52. The number of ether oxygens (including phenoxy) is 2. The van der Waals surface area contributed by atoms with E-state index >= 15 is 0 Å². The van der Waals surface area contributed by atoms with Crippen LogP contribution in [-0.4, -0.2) is 37.6 Å². The number of halogens is 1. The number of fused-ring (bicyclic) bond motifs is 1. The smallest absolute Gasteiger partial charge is 0.416 e. The molecule has 0 aliphatic carbocycles. The predicted molar refractivity (Wildman–Crippen MR) is 79.6 cm³/mol. The SMILES string of the molecule is COC(=O)/C(C#N)=C1/c2cc(Br)ccc2N(C(=O)OC)[C@@H]1O. The lowest BCUT2D eigenvalue weighted by atomic mass is 10.0. The number of esters is 1. The molecule has 1 aliphatic heterocycles. The first-order valence-electron chi connectivity index (χ1n) is 6.04. The predicted octanol–water partition coefficient (Wildman–Crippen LogP) is 1.80. The van der Waals surface area contributed by atoms with E-state index in [1.807, 2.05) is 0 Å². The van der Waals surface area contributed by atoms with Gasteiger partial charge in [0.25, 0.3) is 0 Å². The molecule has 1 aromatic carbocycles. The number of anilines is 1. The summed E-state index contributed by atoms with van der Waals surface area (Å²) in [6.45, 7) is 0. The van der Waals surface area contributed by atoms with Crippen molar-refractivity contribution < 1.29 is 24.2 Å². The fourth-order valence-electron chi connectivity index (χ4n) is 2.21. The molecule has 1 aliphatic rings. The van der Waals surface area contributed by atoms with E-state index < -0.39 is 18.3 Å². The Morgan fingerprint density at radius 3 is 2.59 bits per heavy atom. The number of hydrogen-bond donors (Lipinski definition) is 1. The average molecular weight is 367 g/mol. The number of carbonyl (C=O) groups excluding carboxylic acids is 2.